The van der Waals surface area contributed by atoms with Crippen LogP contribution in [0.5, 0.6) is 0 Å². The average molecular weight is 217 g/mol. The third kappa shape index (κ3) is 2.26. The summed E-state index contributed by atoms with van der Waals surface area (Å²) in [5.74, 6) is 1.53. The zero-order valence-electron chi connectivity index (χ0n) is 10.0. The predicted molar refractivity (Wildman–Crippen MR) is 65.3 cm³/mol. The Morgan fingerprint density at radius 2 is 1.88 bits per heavy atom. The summed E-state index contributed by atoms with van der Waals surface area (Å²) in [4.78, 5) is 14.2. The van der Waals surface area contributed by atoms with E-state index in [1.54, 1.807) is 0 Å². The lowest BCUT2D eigenvalue weighted by atomic mass is 9.88. The maximum Gasteiger partial charge on any atom is 0.253 e. The monoisotopic (exact) mass is 217 g/mol. The second-order valence-electron chi connectivity index (χ2n) is 4.86. The van der Waals surface area contributed by atoms with Crippen molar-refractivity contribution in [1.82, 2.24) is 4.90 Å². The van der Waals surface area contributed by atoms with Gasteiger partial charge >= 0.3 is 0 Å². The molecule has 1 aliphatic heterocycles. The zero-order valence-corrected chi connectivity index (χ0v) is 10.0. The molecular formula is C14H19NO. The van der Waals surface area contributed by atoms with Gasteiger partial charge in [0.25, 0.3) is 5.91 Å². The van der Waals surface area contributed by atoms with Gasteiger partial charge in [-0.1, -0.05) is 32.0 Å². The van der Waals surface area contributed by atoms with Crippen molar-refractivity contribution in [3.63, 3.8) is 0 Å². The van der Waals surface area contributed by atoms with Crippen LogP contribution in [0.15, 0.2) is 30.3 Å². The molecule has 2 atom stereocenters. The maximum atomic E-state index is 12.2. The molecule has 0 saturated carbocycles. The lowest BCUT2D eigenvalue weighted by Crippen LogP contribution is -2.42. The van der Waals surface area contributed by atoms with Crippen LogP contribution in [0, 0.1) is 11.8 Å². The Labute approximate surface area is 97.3 Å². The standard InChI is InChI=1S/C14H19NO/c1-11-8-9-15(10-12(11)2)14(16)13-6-4-3-5-7-13/h3-7,11-12H,8-10H2,1-2H3. The molecule has 1 aliphatic rings. The van der Waals surface area contributed by atoms with Crippen molar-refractivity contribution < 1.29 is 4.79 Å². The molecule has 16 heavy (non-hydrogen) atoms. The number of benzene rings is 1. The summed E-state index contributed by atoms with van der Waals surface area (Å²) in [6.07, 6.45) is 1.12. The highest BCUT2D eigenvalue weighted by Crippen LogP contribution is 2.23. The number of rotatable bonds is 1. The molecule has 2 heteroatoms. The molecule has 2 unspecified atom stereocenters. The van der Waals surface area contributed by atoms with Crippen molar-refractivity contribution in [1.29, 1.82) is 0 Å². The first-order valence-electron chi connectivity index (χ1n) is 6.03. The second-order valence-corrected chi connectivity index (χ2v) is 4.86. The van der Waals surface area contributed by atoms with E-state index in [1.807, 2.05) is 35.2 Å². The first kappa shape index (κ1) is 11.2. The number of hydrogen-bond acceptors (Lipinski definition) is 1. The number of amides is 1. The van der Waals surface area contributed by atoms with E-state index < -0.39 is 0 Å². The van der Waals surface area contributed by atoms with Crippen LogP contribution in [0.2, 0.25) is 0 Å². The molecule has 86 valence electrons. The zero-order chi connectivity index (χ0) is 11.5. The minimum absolute atomic E-state index is 0.180. The second kappa shape index (κ2) is 4.69. The first-order chi connectivity index (χ1) is 7.68. The fourth-order valence-electron chi connectivity index (χ4n) is 2.21. The third-order valence-electron chi connectivity index (χ3n) is 3.64. The van der Waals surface area contributed by atoms with E-state index in [9.17, 15) is 4.79 Å². The van der Waals surface area contributed by atoms with Crippen molar-refractivity contribution in [3.8, 4) is 0 Å². The Bertz CT molecular complexity index is 360. The van der Waals surface area contributed by atoms with Crippen LogP contribution >= 0.6 is 0 Å². The molecule has 0 aromatic heterocycles. The largest absolute Gasteiger partial charge is 0.338 e. The molecule has 1 saturated heterocycles. The van der Waals surface area contributed by atoms with Gasteiger partial charge in [-0.2, -0.15) is 0 Å². The van der Waals surface area contributed by atoms with Gasteiger partial charge < -0.3 is 4.90 Å². The lowest BCUT2D eigenvalue weighted by Gasteiger charge is -2.35. The Kier molecular flexibility index (Phi) is 3.28. The van der Waals surface area contributed by atoms with Crippen LogP contribution < -0.4 is 0 Å². The summed E-state index contributed by atoms with van der Waals surface area (Å²) < 4.78 is 0. The van der Waals surface area contributed by atoms with E-state index in [1.165, 1.54) is 0 Å². The van der Waals surface area contributed by atoms with E-state index in [2.05, 4.69) is 13.8 Å². The van der Waals surface area contributed by atoms with Gasteiger partial charge in [-0.3, -0.25) is 4.79 Å². The molecule has 0 radical (unpaired) electrons. The van der Waals surface area contributed by atoms with Crippen LogP contribution in [0.25, 0.3) is 0 Å². The van der Waals surface area contributed by atoms with Crippen LogP contribution in [-0.2, 0) is 0 Å². The van der Waals surface area contributed by atoms with E-state index >= 15 is 0 Å². The van der Waals surface area contributed by atoms with Gasteiger partial charge in [-0.05, 0) is 30.4 Å². The summed E-state index contributed by atoms with van der Waals surface area (Å²) in [5.41, 5.74) is 0.809. The molecular weight excluding hydrogens is 198 g/mol. The van der Waals surface area contributed by atoms with Gasteiger partial charge in [0.2, 0.25) is 0 Å². The highest BCUT2D eigenvalue weighted by molar-refractivity contribution is 5.94. The molecule has 0 spiro atoms. The summed E-state index contributed by atoms with van der Waals surface area (Å²) in [7, 11) is 0. The van der Waals surface area contributed by atoms with Crippen molar-refractivity contribution in [3.05, 3.63) is 35.9 Å². The Balaban J connectivity index is 2.06. The molecule has 1 amide bonds. The summed E-state index contributed by atoms with van der Waals surface area (Å²) in [6, 6.07) is 9.57. The SMILES string of the molecule is CC1CCN(C(=O)c2ccccc2)CC1C. The third-order valence-corrected chi connectivity index (χ3v) is 3.64. The van der Waals surface area contributed by atoms with Crippen molar-refractivity contribution in [2.45, 2.75) is 20.3 Å². The highest BCUT2D eigenvalue weighted by atomic mass is 16.2. The van der Waals surface area contributed by atoms with Crippen molar-refractivity contribution >= 4 is 5.91 Å². The number of carbonyl (C=O) groups is 1. The molecule has 1 aromatic rings. The Hall–Kier alpha value is -1.31. The smallest absolute Gasteiger partial charge is 0.253 e. The molecule has 0 aliphatic carbocycles. The molecule has 1 aromatic carbocycles. The number of carbonyl (C=O) groups excluding carboxylic acids is 1. The van der Waals surface area contributed by atoms with Crippen molar-refractivity contribution in [2.24, 2.45) is 11.8 Å². The maximum absolute atomic E-state index is 12.2. The molecule has 1 fully saturated rings. The number of hydrogen-bond donors (Lipinski definition) is 0. The van der Waals surface area contributed by atoms with Crippen LogP contribution in [0.3, 0.4) is 0 Å². The minimum atomic E-state index is 0.180. The Morgan fingerprint density at radius 1 is 1.19 bits per heavy atom. The average Bonchev–Trinajstić information content (AvgIpc) is 2.33. The van der Waals surface area contributed by atoms with Gasteiger partial charge in [0, 0.05) is 18.7 Å². The fraction of sp³-hybridized carbons (Fsp3) is 0.500. The number of nitrogens with zero attached hydrogens (tertiary/aromatic N) is 1. The van der Waals surface area contributed by atoms with E-state index in [0.29, 0.717) is 5.92 Å². The molecule has 2 rings (SSSR count). The van der Waals surface area contributed by atoms with Crippen molar-refractivity contribution in [2.75, 3.05) is 13.1 Å². The van der Waals surface area contributed by atoms with E-state index in [0.717, 1.165) is 31.0 Å². The molecule has 0 N–H and O–H groups in total. The summed E-state index contributed by atoms with van der Waals surface area (Å²) >= 11 is 0. The number of piperidine rings is 1. The van der Waals surface area contributed by atoms with Crippen LogP contribution in [-0.4, -0.2) is 23.9 Å². The van der Waals surface area contributed by atoms with Gasteiger partial charge in [-0.25, -0.2) is 0 Å². The first-order valence-corrected chi connectivity index (χ1v) is 6.03. The fourth-order valence-corrected chi connectivity index (χ4v) is 2.21. The molecule has 0 bridgehead atoms. The molecule has 1 heterocycles. The summed E-state index contributed by atoms with van der Waals surface area (Å²) in [5, 5.41) is 0. The minimum Gasteiger partial charge on any atom is -0.338 e. The topological polar surface area (TPSA) is 20.3 Å². The normalized spacial score (nSPS) is 25.5. The van der Waals surface area contributed by atoms with Gasteiger partial charge in [0.1, 0.15) is 0 Å². The quantitative estimate of drug-likeness (QED) is 0.708. The Morgan fingerprint density at radius 3 is 2.50 bits per heavy atom. The van der Waals surface area contributed by atoms with Crippen LogP contribution in [0.1, 0.15) is 30.6 Å². The number of likely N-dealkylation sites (tertiary alicyclic amines) is 1. The van der Waals surface area contributed by atoms with E-state index in [4.69, 9.17) is 0 Å². The van der Waals surface area contributed by atoms with Crippen LogP contribution in [0.4, 0.5) is 0 Å². The van der Waals surface area contributed by atoms with Gasteiger partial charge in [0.15, 0.2) is 0 Å². The lowest BCUT2D eigenvalue weighted by molar-refractivity contribution is 0.0627. The summed E-state index contributed by atoms with van der Waals surface area (Å²) in [6.45, 7) is 6.30. The predicted octanol–water partition coefficient (Wildman–Crippen LogP) is 2.80. The van der Waals surface area contributed by atoms with Gasteiger partial charge in [-0.15, -0.1) is 0 Å². The van der Waals surface area contributed by atoms with Gasteiger partial charge in [0.05, 0.1) is 0 Å². The van der Waals surface area contributed by atoms with E-state index in [-0.39, 0.29) is 5.91 Å². The molecule has 2 nitrogen and oxygen atoms in total. The highest BCUT2D eigenvalue weighted by Gasteiger charge is 2.26.